The number of aromatic nitrogens is 4. The number of imidazole rings is 2. The van der Waals surface area contributed by atoms with Gasteiger partial charge < -0.3 is 9.67 Å². The number of nitrogens with one attached hydrogen (secondary N) is 1. The quantitative estimate of drug-likeness (QED) is 0.494. The molecule has 1 amide bonds. The monoisotopic (exact) mass is 423 g/mol. The Morgan fingerprint density at radius 1 is 0.933 bits per heavy atom. The van der Waals surface area contributed by atoms with Gasteiger partial charge in [0.2, 0.25) is 5.91 Å². The van der Waals surface area contributed by atoms with Gasteiger partial charge in [-0.1, -0.05) is 0 Å². The van der Waals surface area contributed by atoms with Crippen LogP contribution in [0.3, 0.4) is 0 Å². The fourth-order valence-electron chi connectivity index (χ4n) is 2.66. The van der Waals surface area contributed by atoms with E-state index in [1.54, 1.807) is 0 Å². The number of benzene rings is 2. The van der Waals surface area contributed by atoms with Crippen LogP contribution in [0.2, 0.25) is 0 Å². The van der Waals surface area contributed by atoms with E-state index in [1.165, 1.54) is 31.7 Å². The number of carbonyl (C=O) groups excluding carboxylic acids is 1. The molecule has 2 aromatic carbocycles. The highest BCUT2D eigenvalue weighted by Gasteiger charge is 2.14. The minimum atomic E-state index is -1.14. The third-order valence-corrected chi connectivity index (χ3v) is 3.86. The molecule has 0 spiro atoms. The number of halogens is 4. The van der Waals surface area contributed by atoms with Gasteiger partial charge in [0.25, 0.3) is 0 Å². The predicted octanol–water partition coefficient (Wildman–Crippen LogP) is 2.80. The zero-order chi connectivity index (χ0) is 22.0. The highest BCUT2D eigenvalue weighted by molar-refractivity contribution is 5.84. The molecule has 0 fully saturated rings. The van der Waals surface area contributed by atoms with Gasteiger partial charge >= 0.3 is 5.97 Å². The molecule has 8 nitrogen and oxygen atoms in total. The fourth-order valence-corrected chi connectivity index (χ4v) is 2.66. The summed E-state index contributed by atoms with van der Waals surface area (Å²) in [6.07, 6.45) is 2.38. The molecule has 4 aromatic rings. The third kappa shape index (κ3) is 4.06. The van der Waals surface area contributed by atoms with Crippen LogP contribution in [-0.4, -0.2) is 36.2 Å². The van der Waals surface area contributed by atoms with Crippen molar-refractivity contribution in [2.24, 2.45) is 0 Å². The van der Waals surface area contributed by atoms with Crippen molar-refractivity contribution in [2.45, 2.75) is 13.5 Å². The van der Waals surface area contributed by atoms with Crippen molar-refractivity contribution in [1.82, 2.24) is 19.2 Å². The normalized spacial score (nSPS) is 10.7. The second kappa shape index (κ2) is 8.19. The molecular formula is C18H13F4N5O3. The van der Waals surface area contributed by atoms with Crippen LogP contribution in [0.25, 0.3) is 22.1 Å². The summed E-state index contributed by atoms with van der Waals surface area (Å²) >= 11 is 0. The molecule has 0 atom stereocenters. The Balaban J connectivity index is 0.000000171. The molecule has 2 aromatic heterocycles. The summed E-state index contributed by atoms with van der Waals surface area (Å²) in [4.78, 5) is 28.8. The lowest BCUT2D eigenvalue weighted by atomic mass is 10.3. The third-order valence-electron chi connectivity index (χ3n) is 3.86. The molecule has 4 rings (SSSR count). The maximum atomic E-state index is 13.4. The number of nitrogens with zero attached hydrogens (tertiary/aromatic N) is 4. The zero-order valence-electron chi connectivity index (χ0n) is 15.2. The summed E-state index contributed by atoms with van der Waals surface area (Å²) in [5.41, 5.74) is 2.61. The fraction of sp³-hybridized carbons (Fsp3) is 0.111. The van der Waals surface area contributed by atoms with E-state index >= 15 is 0 Å². The number of rotatable bonds is 3. The van der Waals surface area contributed by atoms with Gasteiger partial charge in [0.05, 0.1) is 17.4 Å². The van der Waals surface area contributed by atoms with Crippen LogP contribution in [0.5, 0.6) is 0 Å². The first-order chi connectivity index (χ1) is 14.2. The van der Waals surface area contributed by atoms with E-state index in [0.29, 0.717) is 0 Å². The average Bonchev–Trinajstić information content (AvgIpc) is 3.26. The van der Waals surface area contributed by atoms with Gasteiger partial charge in [-0.15, -0.1) is 0 Å². The largest absolute Gasteiger partial charge is 0.480 e. The Morgan fingerprint density at radius 3 is 2.03 bits per heavy atom. The van der Waals surface area contributed by atoms with Gasteiger partial charge in [0, 0.05) is 6.92 Å². The highest BCUT2D eigenvalue weighted by Crippen LogP contribution is 2.19. The number of amides is 1. The molecule has 12 heteroatoms. The van der Waals surface area contributed by atoms with Crippen molar-refractivity contribution >= 4 is 33.9 Å². The summed E-state index contributed by atoms with van der Waals surface area (Å²) in [5.74, 6) is -5.63. The minimum absolute atomic E-state index is 0.0785. The van der Waals surface area contributed by atoms with Crippen LogP contribution < -0.4 is 5.43 Å². The number of carboxylic acids is 1. The molecule has 0 aliphatic rings. The molecule has 0 bridgehead atoms. The second-order valence-corrected chi connectivity index (χ2v) is 6.01. The predicted molar refractivity (Wildman–Crippen MR) is 97.0 cm³/mol. The van der Waals surface area contributed by atoms with Crippen LogP contribution in [0.1, 0.15) is 6.92 Å². The highest BCUT2D eigenvalue weighted by atomic mass is 19.2. The number of hydrogen-bond donors (Lipinski definition) is 2. The van der Waals surface area contributed by atoms with Crippen molar-refractivity contribution in [3.63, 3.8) is 0 Å². The lowest BCUT2D eigenvalue weighted by Gasteiger charge is -2.04. The molecule has 0 aliphatic heterocycles. The zero-order valence-corrected chi connectivity index (χ0v) is 15.2. The van der Waals surface area contributed by atoms with Gasteiger partial charge in [-0.05, 0) is 24.3 Å². The topological polar surface area (TPSA) is 102 Å². The number of carboxylic acid groups (broad SMARTS) is 1. The Morgan fingerprint density at radius 2 is 1.47 bits per heavy atom. The molecule has 2 heterocycles. The van der Waals surface area contributed by atoms with Crippen LogP contribution >= 0.6 is 0 Å². The van der Waals surface area contributed by atoms with E-state index in [2.05, 4.69) is 15.4 Å². The Labute approximate surface area is 165 Å². The van der Waals surface area contributed by atoms with Crippen molar-refractivity contribution in [3.8, 4) is 0 Å². The first-order valence-corrected chi connectivity index (χ1v) is 8.28. The van der Waals surface area contributed by atoms with Crippen LogP contribution in [0, 0.1) is 23.3 Å². The molecule has 0 radical (unpaired) electrons. The summed E-state index contributed by atoms with van der Waals surface area (Å²) < 4.78 is 54.6. The van der Waals surface area contributed by atoms with Crippen LogP contribution in [0.4, 0.5) is 17.6 Å². The molecule has 0 unspecified atom stereocenters. The Kier molecular flexibility index (Phi) is 5.67. The van der Waals surface area contributed by atoms with E-state index in [4.69, 9.17) is 5.11 Å². The lowest BCUT2D eigenvalue weighted by Crippen LogP contribution is -2.19. The first-order valence-electron chi connectivity index (χ1n) is 8.28. The molecule has 0 saturated heterocycles. The van der Waals surface area contributed by atoms with Crippen molar-refractivity contribution in [2.75, 3.05) is 5.43 Å². The standard InChI is InChI=1S/C9H7F2N3O.C9H6F2N2O2/c1-5(15)13-14-4-12-7-3-2-6(10)8(11)9(7)14;10-5-1-2-6-9(8(5)11)13(4-12-6)3-7(14)15/h2-4H,1H3,(H,13,15);1-2,4H,3H2,(H,14,15). The van der Waals surface area contributed by atoms with Gasteiger partial charge in [-0.3, -0.25) is 15.0 Å². The van der Waals surface area contributed by atoms with E-state index in [0.717, 1.165) is 21.4 Å². The lowest BCUT2D eigenvalue weighted by molar-refractivity contribution is -0.137. The number of carbonyl (C=O) groups is 2. The van der Waals surface area contributed by atoms with Crippen molar-refractivity contribution in [3.05, 3.63) is 60.2 Å². The smallest absolute Gasteiger partial charge is 0.323 e. The summed E-state index contributed by atoms with van der Waals surface area (Å²) in [7, 11) is 0. The Hall–Kier alpha value is -3.96. The summed E-state index contributed by atoms with van der Waals surface area (Å²) in [6.45, 7) is 0.819. The SMILES string of the molecule is CC(=O)Nn1cnc2ccc(F)c(F)c21.O=C(O)Cn1cnc2ccc(F)c(F)c21. The van der Waals surface area contributed by atoms with Gasteiger partial charge in [-0.25, -0.2) is 32.2 Å². The van der Waals surface area contributed by atoms with E-state index in [1.807, 2.05) is 0 Å². The van der Waals surface area contributed by atoms with Gasteiger partial charge in [0.1, 0.15) is 23.9 Å². The molecular weight excluding hydrogens is 410 g/mol. The number of fused-ring (bicyclic) bond motifs is 2. The van der Waals surface area contributed by atoms with E-state index in [9.17, 15) is 27.2 Å². The molecule has 30 heavy (non-hydrogen) atoms. The maximum absolute atomic E-state index is 13.4. The second-order valence-electron chi connectivity index (χ2n) is 6.01. The number of hydrogen-bond acceptors (Lipinski definition) is 4. The first kappa shape index (κ1) is 20.8. The van der Waals surface area contributed by atoms with Crippen molar-refractivity contribution < 1.29 is 32.3 Å². The minimum Gasteiger partial charge on any atom is -0.480 e. The van der Waals surface area contributed by atoms with Gasteiger partial charge in [-0.2, -0.15) is 0 Å². The maximum Gasteiger partial charge on any atom is 0.323 e. The Bertz CT molecular complexity index is 1170. The molecule has 2 N–H and O–H groups in total. The molecule has 0 saturated carbocycles. The summed E-state index contributed by atoms with van der Waals surface area (Å²) in [5, 5.41) is 8.54. The average molecular weight is 423 g/mol. The van der Waals surface area contributed by atoms with Crippen LogP contribution in [0.15, 0.2) is 36.9 Å². The molecule has 0 aliphatic carbocycles. The number of aliphatic carboxylic acids is 1. The van der Waals surface area contributed by atoms with E-state index in [-0.39, 0.29) is 22.1 Å². The van der Waals surface area contributed by atoms with Gasteiger partial charge in [0.15, 0.2) is 23.3 Å². The van der Waals surface area contributed by atoms with Crippen LogP contribution in [-0.2, 0) is 16.1 Å². The van der Waals surface area contributed by atoms with Crippen molar-refractivity contribution in [1.29, 1.82) is 0 Å². The summed E-state index contributed by atoms with van der Waals surface area (Å²) in [6, 6.07) is 4.58. The van der Waals surface area contributed by atoms with E-state index < -0.39 is 41.7 Å². The molecule has 156 valence electrons.